The van der Waals surface area contributed by atoms with Crippen LogP contribution in [0.5, 0.6) is 0 Å². The van der Waals surface area contributed by atoms with Gasteiger partial charge in [0.2, 0.25) is 0 Å². The summed E-state index contributed by atoms with van der Waals surface area (Å²) >= 11 is 0. The summed E-state index contributed by atoms with van der Waals surface area (Å²) < 4.78 is 0. The zero-order valence-electron chi connectivity index (χ0n) is 11.6. The first-order valence-electron chi connectivity index (χ1n) is 6.27. The minimum Gasteiger partial charge on any atom is -0.412 e. The average molecular weight is 312 g/mol. The highest BCUT2D eigenvalue weighted by Crippen LogP contribution is 2.19. The first kappa shape index (κ1) is 15.8. The highest BCUT2D eigenvalue weighted by molar-refractivity contribution is 6.26. The van der Waals surface area contributed by atoms with Crippen LogP contribution in [0.4, 0.5) is 11.4 Å². The van der Waals surface area contributed by atoms with Crippen molar-refractivity contribution in [2.45, 2.75) is 0 Å². The van der Waals surface area contributed by atoms with E-state index in [2.05, 4.69) is 5.32 Å². The monoisotopic (exact) mass is 312 g/mol. The van der Waals surface area contributed by atoms with E-state index >= 15 is 0 Å². The lowest BCUT2D eigenvalue weighted by Gasteiger charge is -2.15. The smallest absolute Gasteiger partial charge is 0.270 e. The summed E-state index contributed by atoms with van der Waals surface area (Å²) in [6.45, 7) is 0. The van der Waals surface area contributed by atoms with Crippen molar-refractivity contribution in [2.75, 3.05) is 0 Å². The van der Waals surface area contributed by atoms with Gasteiger partial charge < -0.3 is 16.1 Å². The van der Waals surface area contributed by atoms with Gasteiger partial charge in [-0.25, -0.2) is 0 Å². The number of hydrogen-bond donors (Lipinski definition) is 2. The first-order chi connectivity index (χ1) is 10.9. The van der Waals surface area contributed by atoms with Crippen LogP contribution in [-0.2, 0) is 0 Å². The number of nitrogens with zero attached hydrogens (tertiary/aromatic N) is 3. The molecule has 2 N–H and O–H groups in total. The Labute approximate surface area is 129 Å². The molecular formula is C14H10N5O4-. The lowest BCUT2D eigenvalue weighted by Crippen LogP contribution is -2.07. The summed E-state index contributed by atoms with van der Waals surface area (Å²) in [4.78, 5) is 20.2. The van der Waals surface area contributed by atoms with Crippen LogP contribution in [0, 0.1) is 31.0 Å². The molecule has 0 aromatic heterocycles. The Bertz CT molecular complexity index is 751. The Morgan fingerprint density at radius 1 is 0.826 bits per heavy atom. The van der Waals surface area contributed by atoms with E-state index in [4.69, 9.17) is 10.8 Å². The Hall–Kier alpha value is -3.62. The fourth-order valence-corrected chi connectivity index (χ4v) is 1.77. The predicted octanol–water partition coefficient (Wildman–Crippen LogP) is 3.23. The third kappa shape index (κ3) is 3.73. The van der Waals surface area contributed by atoms with Gasteiger partial charge in [0.05, 0.1) is 9.85 Å². The summed E-state index contributed by atoms with van der Waals surface area (Å²) in [5, 5.41) is 40.8. The van der Waals surface area contributed by atoms with Crippen LogP contribution in [0.3, 0.4) is 0 Å². The van der Waals surface area contributed by atoms with Crippen LogP contribution in [-0.4, -0.2) is 21.5 Å². The first-order valence-corrected chi connectivity index (χ1v) is 6.27. The molecule has 116 valence electrons. The third-order valence-electron chi connectivity index (χ3n) is 2.88. The zero-order valence-corrected chi connectivity index (χ0v) is 11.6. The van der Waals surface area contributed by atoms with Crippen molar-refractivity contribution < 1.29 is 9.85 Å². The number of rotatable bonds is 4. The Morgan fingerprint density at radius 2 is 1.22 bits per heavy atom. The molecule has 2 aromatic rings. The van der Waals surface area contributed by atoms with E-state index in [1.54, 1.807) is 0 Å². The molecule has 0 aliphatic heterocycles. The molecule has 0 aliphatic rings. The molecule has 0 saturated heterocycles. The third-order valence-corrected chi connectivity index (χ3v) is 2.88. The fourth-order valence-electron chi connectivity index (χ4n) is 1.77. The van der Waals surface area contributed by atoms with Gasteiger partial charge in [0, 0.05) is 35.9 Å². The topological polar surface area (TPSA) is 148 Å². The average Bonchev–Trinajstić information content (AvgIpc) is 2.54. The molecule has 9 heteroatoms. The van der Waals surface area contributed by atoms with Crippen molar-refractivity contribution in [3.05, 3.63) is 85.2 Å². The molecular weight excluding hydrogens is 302 g/mol. The zero-order chi connectivity index (χ0) is 17.0. The van der Waals surface area contributed by atoms with Gasteiger partial charge in [-0.1, -0.05) is 24.3 Å². The van der Waals surface area contributed by atoms with Gasteiger partial charge in [-0.2, -0.15) is 0 Å². The van der Waals surface area contributed by atoms with Crippen LogP contribution in [0.2, 0.25) is 0 Å². The molecule has 0 amide bonds. The minimum atomic E-state index is -0.595. The van der Waals surface area contributed by atoms with Crippen molar-refractivity contribution in [2.24, 2.45) is 0 Å². The van der Waals surface area contributed by atoms with Crippen LogP contribution in [0.1, 0.15) is 11.1 Å². The number of non-ortho nitro benzene ring substituents is 2. The van der Waals surface area contributed by atoms with E-state index in [1.165, 1.54) is 48.5 Å². The summed E-state index contributed by atoms with van der Waals surface area (Å²) in [6.07, 6.45) is 0. The Kier molecular flexibility index (Phi) is 4.41. The SMILES string of the molecule is N=C([N-]C(=N)c1cccc([N+](=O)[O-])c1)c1cccc([N+](=O)[O-])c1. The summed E-state index contributed by atoms with van der Waals surface area (Å²) in [5.74, 6) is -0.685. The van der Waals surface area contributed by atoms with Crippen molar-refractivity contribution in [1.29, 1.82) is 10.8 Å². The van der Waals surface area contributed by atoms with Crippen LogP contribution < -0.4 is 0 Å². The molecule has 2 rings (SSSR count). The molecule has 0 saturated carbocycles. The second-order valence-electron chi connectivity index (χ2n) is 4.42. The molecule has 9 nitrogen and oxygen atoms in total. The van der Waals surface area contributed by atoms with E-state index in [9.17, 15) is 20.2 Å². The molecule has 0 aliphatic carbocycles. The number of amidine groups is 2. The standard InChI is InChI=1S/C14H10N5O4/c15-13(9-3-1-5-11(7-9)18(20)21)17-14(16)10-4-2-6-12(8-10)19(22)23/h1-8H,(H2-,15,16,17)/q-1. The van der Waals surface area contributed by atoms with Gasteiger partial charge in [-0.15, -0.1) is 0 Å². The number of nitro groups is 2. The molecule has 0 fully saturated rings. The summed E-state index contributed by atoms with van der Waals surface area (Å²) in [6, 6.07) is 10.6. The molecule has 0 atom stereocenters. The van der Waals surface area contributed by atoms with Gasteiger partial charge in [0.1, 0.15) is 0 Å². The molecule has 0 unspecified atom stereocenters. The fraction of sp³-hybridized carbons (Fsp3) is 0. The molecule has 0 heterocycles. The van der Waals surface area contributed by atoms with Gasteiger partial charge in [0.25, 0.3) is 11.4 Å². The molecule has 0 radical (unpaired) electrons. The Morgan fingerprint density at radius 3 is 1.57 bits per heavy atom. The van der Waals surface area contributed by atoms with Gasteiger partial charge in [-0.3, -0.25) is 20.2 Å². The van der Waals surface area contributed by atoms with E-state index in [0.29, 0.717) is 0 Å². The quantitative estimate of drug-likeness (QED) is 0.385. The van der Waals surface area contributed by atoms with Gasteiger partial charge in [0.15, 0.2) is 0 Å². The van der Waals surface area contributed by atoms with E-state index in [1.807, 2.05) is 0 Å². The number of nitrogens with one attached hydrogen (secondary N) is 2. The summed E-state index contributed by atoms with van der Waals surface area (Å²) in [7, 11) is 0. The van der Waals surface area contributed by atoms with E-state index < -0.39 is 9.85 Å². The van der Waals surface area contributed by atoms with Crippen molar-refractivity contribution in [1.82, 2.24) is 0 Å². The second-order valence-corrected chi connectivity index (χ2v) is 4.42. The van der Waals surface area contributed by atoms with Crippen molar-refractivity contribution in [3.63, 3.8) is 0 Å². The van der Waals surface area contributed by atoms with Crippen LogP contribution >= 0.6 is 0 Å². The van der Waals surface area contributed by atoms with Gasteiger partial charge >= 0.3 is 0 Å². The molecule has 0 spiro atoms. The number of benzene rings is 2. The van der Waals surface area contributed by atoms with Crippen molar-refractivity contribution >= 4 is 23.0 Å². The lowest BCUT2D eigenvalue weighted by molar-refractivity contribution is -0.385. The molecule has 0 bridgehead atoms. The number of nitro benzene ring substituents is 2. The highest BCUT2D eigenvalue weighted by atomic mass is 16.6. The van der Waals surface area contributed by atoms with Crippen molar-refractivity contribution in [3.8, 4) is 0 Å². The molecule has 2 aromatic carbocycles. The molecule has 23 heavy (non-hydrogen) atoms. The summed E-state index contributed by atoms with van der Waals surface area (Å²) in [5.41, 5.74) is -0.0302. The van der Waals surface area contributed by atoms with Gasteiger partial charge in [-0.05, 0) is 11.1 Å². The lowest BCUT2D eigenvalue weighted by atomic mass is 10.1. The van der Waals surface area contributed by atoms with E-state index in [0.717, 1.165) is 0 Å². The predicted molar refractivity (Wildman–Crippen MR) is 83.2 cm³/mol. The van der Waals surface area contributed by atoms with Crippen LogP contribution in [0.15, 0.2) is 48.5 Å². The highest BCUT2D eigenvalue weighted by Gasteiger charge is 2.09. The van der Waals surface area contributed by atoms with E-state index in [-0.39, 0.29) is 34.2 Å². The second kappa shape index (κ2) is 6.43. The van der Waals surface area contributed by atoms with Crippen LogP contribution in [0.25, 0.3) is 5.32 Å². The maximum absolute atomic E-state index is 10.7. The Balaban J connectivity index is 2.18. The largest absolute Gasteiger partial charge is 0.412 e. The normalized spacial score (nSPS) is 9.91. The minimum absolute atomic E-state index is 0.175. The maximum atomic E-state index is 10.7. The maximum Gasteiger partial charge on any atom is 0.270 e. The number of hydrogen-bond acceptors (Lipinski definition) is 6.